The summed E-state index contributed by atoms with van der Waals surface area (Å²) in [5.74, 6) is 0.618. The molecule has 0 aromatic carbocycles. The van der Waals surface area contributed by atoms with Crippen LogP contribution in [0.15, 0.2) is 16.7 Å². The molecule has 0 aliphatic carbocycles. The van der Waals surface area contributed by atoms with Crippen molar-refractivity contribution >= 4 is 21.6 Å². The fourth-order valence-electron chi connectivity index (χ4n) is 1.56. The summed E-state index contributed by atoms with van der Waals surface area (Å²) < 4.78 is 11.3. The molecule has 0 N–H and O–H groups in total. The molecule has 0 spiro atoms. The van der Waals surface area contributed by atoms with Gasteiger partial charge < -0.3 is 14.4 Å². The first kappa shape index (κ1) is 10.7. The third-order valence-corrected chi connectivity index (χ3v) is 2.93. The van der Waals surface area contributed by atoms with E-state index < -0.39 is 0 Å². The molecule has 1 saturated heterocycles. The van der Waals surface area contributed by atoms with Crippen molar-refractivity contribution in [3.8, 4) is 5.88 Å². The van der Waals surface area contributed by atoms with Crippen LogP contribution >= 0.6 is 15.9 Å². The Morgan fingerprint density at radius 3 is 2.80 bits per heavy atom. The van der Waals surface area contributed by atoms with Crippen LogP contribution in [0.4, 0.5) is 5.69 Å². The minimum Gasteiger partial charge on any atom is -0.480 e. The van der Waals surface area contributed by atoms with E-state index in [2.05, 4.69) is 25.8 Å². The quantitative estimate of drug-likeness (QED) is 0.821. The highest BCUT2D eigenvalue weighted by atomic mass is 79.9. The first-order valence-corrected chi connectivity index (χ1v) is 5.63. The van der Waals surface area contributed by atoms with Crippen molar-refractivity contribution in [2.45, 2.75) is 0 Å². The summed E-state index contributed by atoms with van der Waals surface area (Å²) in [6.45, 7) is 3.40. The maximum Gasteiger partial charge on any atom is 0.227 e. The number of aromatic nitrogens is 1. The molecule has 0 atom stereocenters. The molecule has 1 aromatic heterocycles. The zero-order valence-electron chi connectivity index (χ0n) is 8.57. The predicted molar refractivity (Wildman–Crippen MR) is 61.5 cm³/mol. The first-order chi connectivity index (χ1) is 7.31. The zero-order chi connectivity index (χ0) is 10.7. The Morgan fingerprint density at radius 1 is 1.47 bits per heavy atom. The van der Waals surface area contributed by atoms with Crippen LogP contribution in [0.3, 0.4) is 0 Å². The van der Waals surface area contributed by atoms with E-state index in [0.717, 1.165) is 36.5 Å². The number of rotatable bonds is 2. The van der Waals surface area contributed by atoms with Gasteiger partial charge in [-0.1, -0.05) is 0 Å². The number of halogens is 1. The lowest BCUT2D eigenvalue weighted by Gasteiger charge is -2.28. The minimum atomic E-state index is 0.618. The average molecular weight is 273 g/mol. The molecule has 1 aliphatic heterocycles. The average Bonchev–Trinajstić information content (AvgIpc) is 2.30. The van der Waals surface area contributed by atoms with Gasteiger partial charge in [0.15, 0.2) is 0 Å². The summed E-state index contributed by atoms with van der Waals surface area (Å²) >= 11 is 3.43. The van der Waals surface area contributed by atoms with Crippen LogP contribution in [0.1, 0.15) is 0 Å². The van der Waals surface area contributed by atoms with Gasteiger partial charge in [-0.05, 0) is 22.0 Å². The van der Waals surface area contributed by atoms with E-state index in [1.165, 1.54) is 0 Å². The molecular formula is C10H13BrN2O2. The van der Waals surface area contributed by atoms with Crippen LogP contribution in [0.5, 0.6) is 5.88 Å². The largest absolute Gasteiger partial charge is 0.480 e. The minimum absolute atomic E-state index is 0.618. The van der Waals surface area contributed by atoms with Crippen molar-refractivity contribution < 1.29 is 9.47 Å². The molecule has 1 fully saturated rings. The highest BCUT2D eigenvalue weighted by Crippen LogP contribution is 2.27. The van der Waals surface area contributed by atoms with Gasteiger partial charge in [-0.2, -0.15) is 0 Å². The topological polar surface area (TPSA) is 34.6 Å². The van der Waals surface area contributed by atoms with Gasteiger partial charge in [-0.3, -0.25) is 0 Å². The fraction of sp³-hybridized carbons (Fsp3) is 0.500. The lowest BCUT2D eigenvalue weighted by atomic mass is 10.3. The van der Waals surface area contributed by atoms with E-state index in [0.29, 0.717) is 5.88 Å². The van der Waals surface area contributed by atoms with Crippen LogP contribution in [0, 0.1) is 0 Å². The van der Waals surface area contributed by atoms with Crippen molar-refractivity contribution in [2.24, 2.45) is 0 Å². The number of methoxy groups -OCH3 is 1. The molecule has 0 bridgehead atoms. The number of hydrogen-bond donors (Lipinski definition) is 0. The Morgan fingerprint density at radius 2 is 2.20 bits per heavy atom. The van der Waals surface area contributed by atoms with Crippen molar-refractivity contribution in [3.05, 3.63) is 16.7 Å². The summed E-state index contributed by atoms with van der Waals surface area (Å²) in [5.41, 5.74) is 1.10. The smallest absolute Gasteiger partial charge is 0.227 e. The van der Waals surface area contributed by atoms with Gasteiger partial charge >= 0.3 is 0 Å². The van der Waals surface area contributed by atoms with Crippen LogP contribution < -0.4 is 9.64 Å². The lowest BCUT2D eigenvalue weighted by Crippen LogP contribution is -2.36. The molecule has 0 radical (unpaired) electrons. The summed E-state index contributed by atoms with van der Waals surface area (Å²) in [5, 5.41) is 0. The summed E-state index contributed by atoms with van der Waals surface area (Å²) in [4.78, 5) is 6.47. The second-order valence-electron chi connectivity index (χ2n) is 3.28. The molecule has 15 heavy (non-hydrogen) atoms. The SMILES string of the molecule is COc1ncc(N2CCOCC2)cc1Br. The first-order valence-electron chi connectivity index (χ1n) is 4.83. The van der Waals surface area contributed by atoms with Crippen molar-refractivity contribution in [1.29, 1.82) is 0 Å². The van der Waals surface area contributed by atoms with E-state index in [-0.39, 0.29) is 0 Å². The Balaban J connectivity index is 2.17. The third-order valence-electron chi connectivity index (χ3n) is 2.36. The van der Waals surface area contributed by atoms with Crippen molar-refractivity contribution in [2.75, 3.05) is 38.3 Å². The summed E-state index contributed by atoms with van der Waals surface area (Å²) in [7, 11) is 1.61. The number of pyridine rings is 1. The van der Waals surface area contributed by atoms with E-state index in [1.807, 2.05) is 12.3 Å². The molecule has 4 nitrogen and oxygen atoms in total. The lowest BCUT2D eigenvalue weighted by molar-refractivity contribution is 0.122. The van der Waals surface area contributed by atoms with Gasteiger partial charge in [0.1, 0.15) is 0 Å². The van der Waals surface area contributed by atoms with Crippen molar-refractivity contribution in [3.63, 3.8) is 0 Å². The molecule has 82 valence electrons. The predicted octanol–water partition coefficient (Wildman–Crippen LogP) is 1.69. The summed E-state index contributed by atoms with van der Waals surface area (Å²) in [6.07, 6.45) is 1.83. The Kier molecular flexibility index (Phi) is 3.43. The normalized spacial score (nSPS) is 16.5. The van der Waals surface area contributed by atoms with Gasteiger partial charge in [0.05, 0.1) is 36.7 Å². The highest BCUT2D eigenvalue weighted by Gasteiger charge is 2.13. The van der Waals surface area contributed by atoms with Crippen LogP contribution in [-0.4, -0.2) is 38.4 Å². The number of hydrogen-bond acceptors (Lipinski definition) is 4. The van der Waals surface area contributed by atoms with E-state index in [9.17, 15) is 0 Å². The molecule has 2 heterocycles. The molecular weight excluding hydrogens is 260 g/mol. The van der Waals surface area contributed by atoms with Gasteiger partial charge in [-0.15, -0.1) is 0 Å². The van der Waals surface area contributed by atoms with Gasteiger partial charge in [0, 0.05) is 13.1 Å². The monoisotopic (exact) mass is 272 g/mol. The van der Waals surface area contributed by atoms with Crippen LogP contribution in [0.25, 0.3) is 0 Å². The number of anilines is 1. The van der Waals surface area contributed by atoms with E-state index in [1.54, 1.807) is 7.11 Å². The molecule has 5 heteroatoms. The number of morpholine rings is 1. The zero-order valence-corrected chi connectivity index (χ0v) is 10.2. The van der Waals surface area contributed by atoms with E-state index in [4.69, 9.17) is 9.47 Å². The number of ether oxygens (including phenoxy) is 2. The van der Waals surface area contributed by atoms with Crippen LogP contribution in [0.2, 0.25) is 0 Å². The highest BCUT2D eigenvalue weighted by molar-refractivity contribution is 9.10. The fourth-order valence-corrected chi connectivity index (χ4v) is 2.06. The second kappa shape index (κ2) is 4.81. The van der Waals surface area contributed by atoms with Gasteiger partial charge in [0.2, 0.25) is 5.88 Å². The molecule has 2 rings (SSSR count). The Hall–Kier alpha value is -0.810. The van der Waals surface area contributed by atoms with Crippen molar-refractivity contribution in [1.82, 2.24) is 4.98 Å². The standard InChI is InChI=1S/C10H13BrN2O2/c1-14-10-9(11)6-8(7-12-10)13-2-4-15-5-3-13/h6-7H,2-5H2,1H3. The van der Waals surface area contributed by atoms with E-state index >= 15 is 0 Å². The summed E-state index contributed by atoms with van der Waals surface area (Å²) in [6, 6.07) is 2.02. The van der Waals surface area contributed by atoms with Gasteiger partial charge in [0.25, 0.3) is 0 Å². The van der Waals surface area contributed by atoms with Crippen LogP contribution in [-0.2, 0) is 4.74 Å². The molecule has 1 aromatic rings. The third kappa shape index (κ3) is 2.41. The molecule has 0 saturated carbocycles. The molecule has 0 unspecified atom stereocenters. The maximum absolute atomic E-state index is 5.30. The number of nitrogens with zero attached hydrogens (tertiary/aromatic N) is 2. The molecule has 0 amide bonds. The Labute approximate surface area is 97.3 Å². The molecule has 1 aliphatic rings. The van der Waals surface area contributed by atoms with Gasteiger partial charge in [-0.25, -0.2) is 4.98 Å². The maximum atomic E-state index is 5.30. The second-order valence-corrected chi connectivity index (χ2v) is 4.14. The Bertz CT molecular complexity index is 340.